The fourth-order valence-corrected chi connectivity index (χ4v) is 5.23. The summed E-state index contributed by atoms with van der Waals surface area (Å²) in [4.78, 5) is 37.0. The summed E-state index contributed by atoms with van der Waals surface area (Å²) in [5, 5.41) is 11.7. The van der Waals surface area contributed by atoms with Crippen molar-refractivity contribution in [2.24, 2.45) is 0 Å². The highest BCUT2D eigenvalue weighted by atomic mass is 16.7. The van der Waals surface area contributed by atoms with Crippen LogP contribution in [0.2, 0.25) is 0 Å². The quantitative estimate of drug-likeness (QED) is 0.0198. The van der Waals surface area contributed by atoms with Crippen LogP contribution >= 0.6 is 0 Å². The van der Waals surface area contributed by atoms with Crippen LogP contribution in [0.1, 0.15) is 129 Å². The number of ether oxygens (including phenoxy) is 4. The van der Waals surface area contributed by atoms with Crippen molar-refractivity contribution in [3.63, 3.8) is 0 Å². The number of rotatable bonds is 39. The third-order valence-electron chi connectivity index (χ3n) is 8.70. The zero-order chi connectivity index (χ0) is 44.9. The van der Waals surface area contributed by atoms with Crippen molar-refractivity contribution in [3.8, 4) is 0 Å². The number of hydrogen-bond donors (Lipinski definition) is 0. The minimum absolute atomic E-state index is 0.124. The van der Waals surface area contributed by atoms with Crippen LogP contribution in [0.15, 0.2) is 122 Å². The largest absolute Gasteiger partial charge is 0.545 e. The number of quaternary nitrogens is 1. The van der Waals surface area contributed by atoms with E-state index in [9.17, 15) is 19.5 Å². The molecule has 0 amide bonds. The van der Waals surface area contributed by atoms with Gasteiger partial charge < -0.3 is 33.3 Å². The van der Waals surface area contributed by atoms with E-state index in [-0.39, 0.29) is 32.7 Å². The van der Waals surface area contributed by atoms with E-state index in [4.69, 9.17) is 18.9 Å². The Morgan fingerprint density at radius 1 is 0.492 bits per heavy atom. The molecule has 0 spiro atoms. The predicted octanol–water partition coefficient (Wildman–Crippen LogP) is 10.9. The maximum atomic E-state index is 12.8. The zero-order valence-corrected chi connectivity index (χ0v) is 38.5. The van der Waals surface area contributed by atoms with Crippen LogP contribution in [0.4, 0.5) is 0 Å². The first kappa shape index (κ1) is 56.7. The lowest BCUT2D eigenvalue weighted by atomic mass is 10.1. The molecule has 0 saturated carbocycles. The summed E-state index contributed by atoms with van der Waals surface area (Å²) >= 11 is 0. The standard InChI is InChI=1S/C52H81NO8/c1-6-8-10-12-14-16-18-20-22-23-24-25-26-27-29-31-33-35-37-39-41-43-50(55)61-48(47-60-52(51(56)57)58-45-44-53(3,4)5)46-59-49(54)42-40-38-36-34-32-30-28-21-19-17-15-13-11-9-7-2/h8-11,14-17,20-22,24-25,27-29,32-35,48,52H,6-7,12-13,18-19,23,26,30-31,36-47H2,1-5H3/b10-8-,11-9-,16-14-,17-15-,22-20-,25-24-,28-21-,29-27-,34-32-,35-33-. The first-order valence-electron chi connectivity index (χ1n) is 22.7. The fourth-order valence-electron chi connectivity index (χ4n) is 5.23. The van der Waals surface area contributed by atoms with Gasteiger partial charge in [0.25, 0.3) is 0 Å². The molecule has 0 heterocycles. The first-order valence-corrected chi connectivity index (χ1v) is 22.7. The van der Waals surface area contributed by atoms with Gasteiger partial charge in [-0.3, -0.25) is 9.59 Å². The topological polar surface area (TPSA) is 111 Å². The molecule has 9 heteroatoms. The van der Waals surface area contributed by atoms with Gasteiger partial charge in [0.1, 0.15) is 13.2 Å². The number of esters is 2. The zero-order valence-electron chi connectivity index (χ0n) is 38.5. The summed E-state index contributed by atoms with van der Waals surface area (Å²) in [7, 11) is 5.86. The maximum Gasteiger partial charge on any atom is 0.306 e. The Morgan fingerprint density at radius 2 is 0.869 bits per heavy atom. The molecule has 0 bridgehead atoms. The van der Waals surface area contributed by atoms with E-state index in [0.29, 0.717) is 23.9 Å². The summed E-state index contributed by atoms with van der Waals surface area (Å²) in [5.41, 5.74) is 0. The molecule has 2 atom stereocenters. The predicted molar refractivity (Wildman–Crippen MR) is 250 cm³/mol. The SMILES string of the molecule is CC/C=C\C/C=C\C/C=C\C/C=C\C/C=C\C/C=C\CCCCC(=O)OC(COC(=O)CCCC/C=C\C/C=C\C/C=C\C/C=C\CC)COC(OCC[N+](C)(C)C)C(=O)[O-]. The van der Waals surface area contributed by atoms with E-state index in [1.165, 1.54) is 0 Å². The lowest BCUT2D eigenvalue weighted by molar-refractivity contribution is -0.870. The number of allylic oxidation sites excluding steroid dienone is 20. The summed E-state index contributed by atoms with van der Waals surface area (Å²) in [6, 6.07) is 0. The summed E-state index contributed by atoms with van der Waals surface area (Å²) in [5.74, 6) is -2.43. The number of carbonyl (C=O) groups excluding carboxylic acids is 3. The molecule has 0 aliphatic carbocycles. The van der Waals surface area contributed by atoms with Gasteiger partial charge in [0.2, 0.25) is 0 Å². The van der Waals surface area contributed by atoms with Crippen LogP contribution in [0, 0.1) is 0 Å². The molecular formula is C52H81NO8. The molecule has 9 nitrogen and oxygen atoms in total. The molecule has 0 saturated heterocycles. The Bertz CT molecular complexity index is 1410. The molecule has 0 fully saturated rings. The number of carboxylic acid groups (broad SMARTS) is 1. The summed E-state index contributed by atoms with van der Waals surface area (Å²) < 4.78 is 22.4. The van der Waals surface area contributed by atoms with E-state index in [1.807, 2.05) is 21.1 Å². The Kier molecular flexibility index (Phi) is 39.4. The van der Waals surface area contributed by atoms with E-state index in [2.05, 4.69) is 135 Å². The molecule has 0 aromatic carbocycles. The van der Waals surface area contributed by atoms with Crippen molar-refractivity contribution in [2.75, 3.05) is 47.5 Å². The van der Waals surface area contributed by atoms with Crippen molar-refractivity contribution in [1.29, 1.82) is 0 Å². The monoisotopic (exact) mass is 848 g/mol. The smallest absolute Gasteiger partial charge is 0.306 e. The van der Waals surface area contributed by atoms with E-state index < -0.39 is 30.3 Å². The van der Waals surface area contributed by atoms with Crippen LogP contribution in [-0.4, -0.2) is 82.3 Å². The number of hydrogen-bond acceptors (Lipinski definition) is 8. The average Bonchev–Trinajstić information content (AvgIpc) is 3.22. The molecule has 61 heavy (non-hydrogen) atoms. The Balaban J connectivity index is 4.61. The van der Waals surface area contributed by atoms with Gasteiger partial charge in [0, 0.05) is 12.8 Å². The van der Waals surface area contributed by atoms with E-state index in [0.717, 1.165) is 89.9 Å². The number of unbranched alkanes of at least 4 members (excludes halogenated alkanes) is 4. The van der Waals surface area contributed by atoms with Crippen LogP contribution in [0.5, 0.6) is 0 Å². The van der Waals surface area contributed by atoms with Gasteiger partial charge >= 0.3 is 11.9 Å². The number of aliphatic carboxylic acids is 1. The van der Waals surface area contributed by atoms with Gasteiger partial charge in [-0.15, -0.1) is 0 Å². The van der Waals surface area contributed by atoms with Gasteiger partial charge in [-0.05, 0) is 103 Å². The normalized spacial score (nSPS) is 14.0. The average molecular weight is 848 g/mol. The molecule has 0 rings (SSSR count). The molecule has 342 valence electrons. The highest BCUT2D eigenvalue weighted by Crippen LogP contribution is 2.09. The Hall–Kier alpha value is -4.31. The van der Waals surface area contributed by atoms with Crippen molar-refractivity contribution in [2.45, 2.75) is 142 Å². The van der Waals surface area contributed by atoms with Gasteiger partial charge in [0.05, 0.1) is 40.3 Å². The highest BCUT2D eigenvalue weighted by molar-refractivity contribution is 5.70. The van der Waals surface area contributed by atoms with Crippen LogP contribution in [0.25, 0.3) is 0 Å². The highest BCUT2D eigenvalue weighted by Gasteiger charge is 2.21. The number of carbonyl (C=O) groups is 3. The van der Waals surface area contributed by atoms with E-state index in [1.54, 1.807) is 0 Å². The molecule has 0 N–H and O–H groups in total. The van der Waals surface area contributed by atoms with E-state index >= 15 is 0 Å². The molecule has 0 aliphatic heterocycles. The second-order valence-corrected chi connectivity index (χ2v) is 15.6. The molecule has 0 aliphatic rings. The van der Waals surface area contributed by atoms with Gasteiger partial charge in [-0.2, -0.15) is 0 Å². The van der Waals surface area contributed by atoms with Gasteiger partial charge in [0.15, 0.2) is 12.4 Å². The first-order chi connectivity index (χ1) is 29.6. The maximum absolute atomic E-state index is 12.8. The van der Waals surface area contributed by atoms with Gasteiger partial charge in [-0.25, -0.2) is 0 Å². The second-order valence-electron chi connectivity index (χ2n) is 15.6. The second kappa shape index (κ2) is 42.4. The molecular weight excluding hydrogens is 767 g/mol. The van der Waals surface area contributed by atoms with Crippen LogP contribution in [0.3, 0.4) is 0 Å². The molecule has 0 radical (unpaired) electrons. The Labute approximate surface area is 370 Å². The lowest BCUT2D eigenvalue weighted by Gasteiger charge is -2.26. The number of carboxylic acids is 1. The van der Waals surface area contributed by atoms with Crippen molar-refractivity contribution in [1.82, 2.24) is 0 Å². The van der Waals surface area contributed by atoms with Crippen molar-refractivity contribution < 1.29 is 42.9 Å². The molecule has 2 unspecified atom stereocenters. The summed E-state index contributed by atoms with van der Waals surface area (Å²) in [6.45, 7) is 4.36. The van der Waals surface area contributed by atoms with Crippen molar-refractivity contribution in [3.05, 3.63) is 122 Å². The molecule has 0 aromatic rings. The minimum atomic E-state index is -1.65. The molecule has 0 aromatic heterocycles. The third kappa shape index (κ3) is 43.6. The number of likely N-dealkylation sites (N-methyl/N-ethyl adjacent to an activating group) is 1. The Morgan fingerprint density at radius 3 is 1.25 bits per heavy atom. The van der Waals surface area contributed by atoms with Crippen molar-refractivity contribution >= 4 is 17.9 Å². The lowest BCUT2D eigenvalue weighted by Crippen LogP contribution is -2.44. The minimum Gasteiger partial charge on any atom is -0.545 e. The fraction of sp³-hybridized carbons (Fsp3) is 0.558. The van der Waals surface area contributed by atoms with Crippen LogP contribution in [-0.2, 0) is 33.3 Å². The van der Waals surface area contributed by atoms with Gasteiger partial charge in [-0.1, -0.05) is 135 Å². The number of nitrogens with zero attached hydrogens (tertiary/aromatic N) is 1. The van der Waals surface area contributed by atoms with Crippen LogP contribution < -0.4 is 5.11 Å². The summed E-state index contributed by atoms with van der Waals surface area (Å²) in [6.07, 6.45) is 55.2. The third-order valence-corrected chi connectivity index (χ3v) is 8.70.